The first kappa shape index (κ1) is 15.7. The SMILES string of the molecule is Cc1ccc(C(C)Nc2cc(Br)cnc2Cl)cc1[N+](=O)[O-]. The van der Waals surface area contributed by atoms with Crippen molar-refractivity contribution in [2.24, 2.45) is 0 Å². The van der Waals surface area contributed by atoms with E-state index in [1.807, 2.05) is 19.1 Å². The van der Waals surface area contributed by atoms with Gasteiger partial charge in [0.05, 0.1) is 10.6 Å². The summed E-state index contributed by atoms with van der Waals surface area (Å²) in [5.74, 6) is 0. The zero-order valence-electron chi connectivity index (χ0n) is 11.4. The molecule has 1 aromatic heterocycles. The summed E-state index contributed by atoms with van der Waals surface area (Å²) in [7, 11) is 0. The number of pyridine rings is 1. The molecule has 0 aliphatic heterocycles. The van der Waals surface area contributed by atoms with Gasteiger partial charge in [-0.3, -0.25) is 10.1 Å². The highest BCUT2D eigenvalue weighted by molar-refractivity contribution is 9.10. The standard InChI is InChI=1S/C14H13BrClN3O2/c1-8-3-4-10(5-13(8)19(20)21)9(2)18-12-6-11(15)7-17-14(12)16/h3-7,9,18H,1-2H3. The number of nitrogens with one attached hydrogen (secondary N) is 1. The van der Waals surface area contributed by atoms with E-state index in [1.165, 1.54) is 0 Å². The average molecular weight is 371 g/mol. The second-order valence-electron chi connectivity index (χ2n) is 4.66. The van der Waals surface area contributed by atoms with Crippen molar-refractivity contribution in [3.05, 3.63) is 61.3 Å². The van der Waals surface area contributed by atoms with Crippen molar-refractivity contribution < 1.29 is 4.92 Å². The zero-order chi connectivity index (χ0) is 15.6. The smallest absolute Gasteiger partial charge is 0.272 e. The minimum Gasteiger partial charge on any atom is -0.376 e. The van der Waals surface area contributed by atoms with Gasteiger partial charge >= 0.3 is 0 Å². The molecule has 5 nitrogen and oxygen atoms in total. The number of nitro benzene ring substituents is 1. The van der Waals surface area contributed by atoms with Gasteiger partial charge in [-0.15, -0.1) is 0 Å². The Hall–Kier alpha value is -1.66. The van der Waals surface area contributed by atoms with E-state index in [0.29, 0.717) is 16.4 Å². The fourth-order valence-electron chi connectivity index (χ4n) is 1.93. The van der Waals surface area contributed by atoms with Gasteiger partial charge in [-0.1, -0.05) is 23.7 Å². The highest BCUT2D eigenvalue weighted by Gasteiger charge is 2.15. The average Bonchev–Trinajstić information content (AvgIpc) is 2.43. The topological polar surface area (TPSA) is 68.1 Å². The Morgan fingerprint density at radius 3 is 2.81 bits per heavy atom. The van der Waals surface area contributed by atoms with Crippen LogP contribution in [0.25, 0.3) is 0 Å². The van der Waals surface area contributed by atoms with Gasteiger partial charge in [0, 0.05) is 28.3 Å². The molecule has 0 radical (unpaired) electrons. The van der Waals surface area contributed by atoms with Crippen molar-refractivity contribution in [2.45, 2.75) is 19.9 Å². The lowest BCUT2D eigenvalue weighted by Crippen LogP contribution is -2.08. The van der Waals surface area contributed by atoms with Crippen LogP contribution in [0.5, 0.6) is 0 Å². The Labute approximate surface area is 135 Å². The summed E-state index contributed by atoms with van der Waals surface area (Å²) in [5.41, 5.74) is 2.22. The Bertz CT molecular complexity index is 694. The van der Waals surface area contributed by atoms with Crippen LogP contribution in [-0.4, -0.2) is 9.91 Å². The van der Waals surface area contributed by atoms with Crippen LogP contribution < -0.4 is 5.32 Å². The molecule has 0 aliphatic carbocycles. The Kier molecular flexibility index (Phi) is 4.80. The molecule has 0 bridgehead atoms. The van der Waals surface area contributed by atoms with Gasteiger partial charge in [0.15, 0.2) is 5.15 Å². The second kappa shape index (κ2) is 6.41. The lowest BCUT2D eigenvalue weighted by molar-refractivity contribution is -0.385. The predicted molar refractivity (Wildman–Crippen MR) is 86.8 cm³/mol. The molecular formula is C14H13BrClN3O2. The van der Waals surface area contributed by atoms with Crippen LogP contribution >= 0.6 is 27.5 Å². The number of nitrogens with zero attached hydrogens (tertiary/aromatic N) is 2. The van der Waals surface area contributed by atoms with Crippen LogP contribution in [0.4, 0.5) is 11.4 Å². The maximum Gasteiger partial charge on any atom is 0.272 e. The Morgan fingerprint density at radius 2 is 2.14 bits per heavy atom. The first-order chi connectivity index (χ1) is 9.88. The second-order valence-corrected chi connectivity index (χ2v) is 5.93. The van der Waals surface area contributed by atoms with Gasteiger partial charge in [-0.05, 0) is 41.4 Å². The van der Waals surface area contributed by atoms with Gasteiger partial charge in [0.2, 0.25) is 0 Å². The lowest BCUT2D eigenvalue weighted by atomic mass is 10.0. The number of benzene rings is 1. The summed E-state index contributed by atoms with van der Waals surface area (Å²) < 4.78 is 0.802. The van der Waals surface area contributed by atoms with E-state index in [4.69, 9.17) is 11.6 Å². The maximum atomic E-state index is 11.0. The van der Waals surface area contributed by atoms with E-state index in [9.17, 15) is 10.1 Å². The summed E-state index contributed by atoms with van der Waals surface area (Å²) >= 11 is 9.36. The number of anilines is 1. The fraction of sp³-hybridized carbons (Fsp3) is 0.214. The summed E-state index contributed by atoms with van der Waals surface area (Å²) in [6, 6.07) is 6.85. The molecule has 1 aromatic carbocycles. The molecule has 2 rings (SSSR count). The fourth-order valence-corrected chi connectivity index (χ4v) is 2.42. The summed E-state index contributed by atoms with van der Waals surface area (Å²) in [4.78, 5) is 14.7. The molecule has 0 fully saturated rings. The molecular weight excluding hydrogens is 358 g/mol. The quantitative estimate of drug-likeness (QED) is 0.473. The molecule has 110 valence electrons. The van der Waals surface area contributed by atoms with E-state index in [2.05, 4.69) is 26.2 Å². The Morgan fingerprint density at radius 1 is 1.43 bits per heavy atom. The number of nitro groups is 1. The maximum absolute atomic E-state index is 11.0. The molecule has 0 saturated carbocycles. The summed E-state index contributed by atoms with van der Waals surface area (Å²) in [5, 5.41) is 14.6. The Balaban J connectivity index is 2.28. The van der Waals surface area contributed by atoms with Crippen molar-refractivity contribution in [1.29, 1.82) is 0 Å². The van der Waals surface area contributed by atoms with Gasteiger partial charge in [-0.2, -0.15) is 0 Å². The number of hydrogen-bond acceptors (Lipinski definition) is 4. The molecule has 1 heterocycles. The number of hydrogen-bond donors (Lipinski definition) is 1. The zero-order valence-corrected chi connectivity index (χ0v) is 13.8. The van der Waals surface area contributed by atoms with Gasteiger partial charge < -0.3 is 5.32 Å². The van der Waals surface area contributed by atoms with Crippen molar-refractivity contribution in [2.75, 3.05) is 5.32 Å². The van der Waals surface area contributed by atoms with E-state index < -0.39 is 0 Å². The molecule has 21 heavy (non-hydrogen) atoms. The van der Waals surface area contributed by atoms with E-state index in [0.717, 1.165) is 10.0 Å². The normalized spacial score (nSPS) is 12.0. The minimum absolute atomic E-state index is 0.111. The first-order valence-corrected chi connectivity index (χ1v) is 7.38. The summed E-state index contributed by atoms with van der Waals surface area (Å²) in [6.45, 7) is 3.63. The van der Waals surface area contributed by atoms with Crippen LogP contribution in [0.2, 0.25) is 5.15 Å². The van der Waals surface area contributed by atoms with Crippen LogP contribution in [0, 0.1) is 17.0 Å². The molecule has 0 aliphatic rings. The first-order valence-electron chi connectivity index (χ1n) is 6.21. The van der Waals surface area contributed by atoms with Crippen molar-refractivity contribution >= 4 is 38.9 Å². The van der Waals surface area contributed by atoms with Crippen molar-refractivity contribution in [1.82, 2.24) is 4.98 Å². The van der Waals surface area contributed by atoms with Crippen molar-refractivity contribution in [3.8, 4) is 0 Å². The monoisotopic (exact) mass is 369 g/mol. The highest BCUT2D eigenvalue weighted by Crippen LogP contribution is 2.29. The number of rotatable bonds is 4. The molecule has 1 unspecified atom stereocenters. The van der Waals surface area contributed by atoms with Crippen LogP contribution in [0.3, 0.4) is 0 Å². The van der Waals surface area contributed by atoms with Crippen molar-refractivity contribution in [3.63, 3.8) is 0 Å². The number of aryl methyl sites for hydroxylation is 1. The largest absolute Gasteiger partial charge is 0.376 e. The van der Waals surface area contributed by atoms with Gasteiger partial charge in [0.1, 0.15) is 0 Å². The highest BCUT2D eigenvalue weighted by atomic mass is 79.9. The third-order valence-corrected chi connectivity index (χ3v) is 3.84. The van der Waals surface area contributed by atoms with Crippen LogP contribution in [0.1, 0.15) is 24.1 Å². The molecule has 0 spiro atoms. The summed E-state index contributed by atoms with van der Waals surface area (Å²) in [6.07, 6.45) is 1.61. The van der Waals surface area contributed by atoms with Crippen LogP contribution in [-0.2, 0) is 0 Å². The predicted octanol–water partition coefficient (Wildman–Crippen LogP) is 4.89. The number of aromatic nitrogens is 1. The molecule has 7 heteroatoms. The third kappa shape index (κ3) is 3.71. The molecule has 0 amide bonds. The molecule has 0 saturated heterocycles. The van der Waals surface area contributed by atoms with E-state index in [1.54, 1.807) is 25.3 Å². The molecule has 2 aromatic rings. The van der Waals surface area contributed by atoms with Crippen LogP contribution in [0.15, 0.2) is 34.9 Å². The number of halogens is 2. The third-order valence-electron chi connectivity index (χ3n) is 3.11. The van der Waals surface area contributed by atoms with Gasteiger partial charge in [-0.25, -0.2) is 4.98 Å². The molecule has 1 atom stereocenters. The lowest BCUT2D eigenvalue weighted by Gasteiger charge is -2.16. The van der Waals surface area contributed by atoms with Gasteiger partial charge in [0.25, 0.3) is 5.69 Å². The minimum atomic E-state index is -0.376. The van der Waals surface area contributed by atoms with E-state index >= 15 is 0 Å². The van der Waals surface area contributed by atoms with E-state index in [-0.39, 0.29) is 16.7 Å². The molecule has 1 N–H and O–H groups in total.